The van der Waals surface area contributed by atoms with Crippen LogP contribution in [-0.2, 0) is 21.4 Å². The van der Waals surface area contributed by atoms with Crippen molar-refractivity contribution in [2.75, 3.05) is 37.7 Å². The van der Waals surface area contributed by atoms with Gasteiger partial charge in [-0.15, -0.1) is 0 Å². The van der Waals surface area contributed by atoms with Crippen molar-refractivity contribution in [1.29, 1.82) is 0 Å². The Bertz CT molecular complexity index is 819. The standard InChI is InChI=1S/C23H27ClN2O2/c24-20-8-9-21-18(15-20)5-4-12-26(21)16-22(27)25-17-23(10-13-28-14-11-23)19-6-2-1-3-7-19/h1-3,6-9,15H,4-5,10-14,16-17H2,(H,25,27). The molecule has 148 valence electrons. The number of ether oxygens (including phenoxy) is 1. The van der Waals surface area contributed by atoms with Crippen LogP contribution in [0.4, 0.5) is 5.69 Å². The smallest absolute Gasteiger partial charge is 0.239 e. The first-order chi connectivity index (χ1) is 13.7. The Morgan fingerprint density at radius 3 is 2.71 bits per heavy atom. The van der Waals surface area contributed by atoms with Crippen LogP contribution in [-0.4, -0.2) is 38.8 Å². The molecule has 2 aromatic carbocycles. The van der Waals surface area contributed by atoms with E-state index in [1.165, 1.54) is 11.1 Å². The van der Waals surface area contributed by atoms with Gasteiger partial charge in [0.05, 0.1) is 6.54 Å². The maximum absolute atomic E-state index is 12.8. The lowest BCUT2D eigenvalue weighted by atomic mass is 9.74. The van der Waals surface area contributed by atoms with E-state index in [9.17, 15) is 4.79 Å². The van der Waals surface area contributed by atoms with Crippen molar-refractivity contribution in [3.05, 3.63) is 64.7 Å². The number of carbonyl (C=O) groups is 1. The van der Waals surface area contributed by atoms with Gasteiger partial charge in [0.2, 0.25) is 5.91 Å². The molecule has 0 aliphatic carbocycles. The molecule has 2 aromatic rings. The van der Waals surface area contributed by atoms with Crippen molar-refractivity contribution >= 4 is 23.2 Å². The molecule has 0 unspecified atom stereocenters. The van der Waals surface area contributed by atoms with Crippen LogP contribution < -0.4 is 10.2 Å². The zero-order valence-corrected chi connectivity index (χ0v) is 16.9. The normalized spacial score (nSPS) is 18.4. The molecule has 0 bridgehead atoms. The first kappa shape index (κ1) is 19.3. The predicted molar refractivity (Wildman–Crippen MR) is 113 cm³/mol. The molecule has 2 heterocycles. The molecule has 2 aliphatic rings. The van der Waals surface area contributed by atoms with E-state index in [0.29, 0.717) is 13.1 Å². The molecule has 0 saturated carbocycles. The minimum Gasteiger partial charge on any atom is -0.381 e. The third kappa shape index (κ3) is 4.18. The van der Waals surface area contributed by atoms with Crippen LogP contribution >= 0.6 is 11.6 Å². The van der Waals surface area contributed by atoms with Crippen LogP contribution in [0.15, 0.2) is 48.5 Å². The Labute approximate surface area is 171 Å². The Morgan fingerprint density at radius 2 is 1.93 bits per heavy atom. The van der Waals surface area contributed by atoms with Crippen LogP contribution in [0.5, 0.6) is 0 Å². The molecule has 5 heteroatoms. The number of nitrogens with one attached hydrogen (secondary N) is 1. The summed E-state index contributed by atoms with van der Waals surface area (Å²) < 4.78 is 5.59. The van der Waals surface area contributed by atoms with Crippen LogP contribution in [0.2, 0.25) is 5.02 Å². The van der Waals surface area contributed by atoms with Gasteiger partial charge in [0.25, 0.3) is 0 Å². The number of amides is 1. The highest BCUT2D eigenvalue weighted by molar-refractivity contribution is 6.30. The maximum Gasteiger partial charge on any atom is 0.239 e. The van der Waals surface area contributed by atoms with Crippen molar-refractivity contribution in [3.8, 4) is 0 Å². The van der Waals surface area contributed by atoms with Gasteiger partial charge in [-0.05, 0) is 55.0 Å². The number of aryl methyl sites for hydroxylation is 1. The van der Waals surface area contributed by atoms with Crippen LogP contribution in [0.3, 0.4) is 0 Å². The Hall–Kier alpha value is -2.04. The van der Waals surface area contributed by atoms with Gasteiger partial charge in [-0.2, -0.15) is 0 Å². The fourth-order valence-corrected chi connectivity index (χ4v) is 4.62. The van der Waals surface area contributed by atoms with Crippen LogP contribution in [0.25, 0.3) is 0 Å². The third-order valence-electron chi connectivity index (χ3n) is 6.05. The molecule has 1 fully saturated rings. The molecule has 0 aromatic heterocycles. The number of anilines is 1. The van der Waals surface area contributed by atoms with E-state index >= 15 is 0 Å². The fourth-order valence-electron chi connectivity index (χ4n) is 4.43. The van der Waals surface area contributed by atoms with Crippen molar-refractivity contribution in [2.45, 2.75) is 31.1 Å². The van der Waals surface area contributed by atoms with Crippen molar-refractivity contribution in [2.24, 2.45) is 0 Å². The first-order valence-electron chi connectivity index (χ1n) is 10.1. The van der Waals surface area contributed by atoms with Gasteiger partial charge >= 0.3 is 0 Å². The van der Waals surface area contributed by atoms with Gasteiger partial charge in [0.15, 0.2) is 0 Å². The van der Waals surface area contributed by atoms with Crippen molar-refractivity contribution in [1.82, 2.24) is 5.32 Å². The molecule has 1 saturated heterocycles. The molecular formula is C23H27ClN2O2. The number of carbonyl (C=O) groups excluding carboxylic acids is 1. The second-order valence-corrected chi connectivity index (χ2v) is 8.27. The highest BCUT2D eigenvalue weighted by atomic mass is 35.5. The zero-order valence-electron chi connectivity index (χ0n) is 16.1. The Morgan fingerprint density at radius 1 is 1.14 bits per heavy atom. The van der Waals surface area contributed by atoms with E-state index < -0.39 is 0 Å². The number of hydrogen-bond acceptors (Lipinski definition) is 3. The monoisotopic (exact) mass is 398 g/mol. The number of rotatable bonds is 5. The Balaban J connectivity index is 1.43. The SMILES string of the molecule is O=C(CN1CCCc2cc(Cl)ccc21)NCC1(c2ccccc2)CCOCC1. The van der Waals surface area contributed by atoms with E-state index in [-0.39, 0.29) is 11.3 Å². The van der Waals surface area contributed by atoms with E-state index in [1.54, 1.807) is 0 Å². The van der Waals surface area contributed by atoms with Gasteiger partial charge in [0.1, 0.15) is 0 Å². The molecule has 4 nitrogen and oxygen atoms in total. The molecule has 2 aliphatic heterocycles. The molecule has 0 spiro atoms. The van der Waals surface area contributed by atoms with Crippen molar-refractivity contribution < 1.29 is 9.53 Å². The lowest BCUT2D eigenvalue weighted by molar-refractivity contribution is -0.120. The molecular weight excluding hydrogens is 372 g/mol. The second kappa shape index (κ2) is 8.54. The van der Waals surface area contributed by atoms with Crippen LogP contribution in [0.1, 0.15) is 30.4 Å². The summed E-state index contributed by atoms with van der Waals surface area (Å²) in [5.74, 6) is 0.0737. The molecule has 0 radical (unpaired) electrons. The lowest BCUT2D eigenvalue weighted by Crippen LogP contribution is -2.47. The van der Waals surface area contributed by atoms with Gasteiger partial charge < -0.3 is 15.0 Å². The minimum absolute atomic E-state index is 0.0392. The lowest BCUT2D eigenvalue weighted by Gasteiger charge is -2.38. The van der Waals surface area contributed by atoms with Gasteiger partial charge in [-0.1, -0.05) is 41.9 Å². The van der Waals surface area contributed by atoms with E-state index in [1.807, 2.05) is 24.3 Å². The number of hydrogen-bond donors (Lipinski definition) is 1. The molecule has 1 N–H and O–H groups in total. The highest BCUT2D eigenvalue weighted by Gasteiger charge is 2.34. The summed E-state index contributed by atoms with van der Waals surface area (Å²) >= 11 is 6.13. The number of halogens is 1. The highest BCUT2D eigenvalue weighted by Crippen LogP contribution is 2.34. The quantitative estimate of drug-likeness (QED) is 0.828. The average Bonchev–Trinajstić information content (AvgIpc) is 2.73. The molecule has 28 heavy (non-hydrogen) atoms. The summed E-state index contributed by atoms with van der Waals surface area (Å²) in [4.78, 5) is 15.0. The van der Waals surface area contributed by atoms with E-state index in [2.05, 4.69) is 34.5 Å². The summed E-state index contributed by atoms with van der Waals surface area (Å²) in [6.45, 7) is 3.42. The summed E-state index contributed by atoms with van der Waals surface area (Å²) in [6.07, 6.45) is 3.93. The summed E-state index contributed by atoms with van der Waals surface area (Å²) in [7, 11) is 0. The van der Waals surface area contributed by atoms with Crippen molar-refractivity contribution in [3.63, 3.8) is 0 Å². The number of benzene rings is 2. The fraction of sp³-hybridized carbons (Fsp3) is 0.435. The Kier molecular flexibility index (Phi) is 5.88. The minimum atomic E-state index is -0.0392. The summed E-state index contributed by atoms with van der Waals surface area (Å²) in [6, 6.07) is 16.5. The van der Waals surface area contributed by atoms with Crippen LogP contribution in [0, 0.1) is 0 Å². The topological polar surface area (TPSA) is 41.6 Å². The zero-order chi connectivity index (χ0) is 19.4. The molecule has 0 atom stereocenters. The largest absolute Gasteiger partial charge is 0.381 e. The van der Waals surface area contributed by atoms with Gasteiger partial charge in [0, 0.05) is 42.4 Å². The predicted octanol–water partition coefficient (Wildman–Crippen LogP) is 3.96. The second-order valence-electron chi connectivity index (χ2n) is 7.83. The van der Waals surface area contributed by atoms with E-state index in [4.69, 9.17) is 16.3 Å². The first-order valence-corrected chi connectivity index (χ1v) is 10.5. The molecule has 4 rings (SSSR count). The third-order valence-corrected chi connectivity index (χ3v) is 6.29. The average molecular weight is 399 g/mol. The number of nitrogens with zero attached hydrogens (tertiary/aromatic N) is 1. The van der Waals surface area contributed by atoms with Gasteiger partial charge in [-0.3, -0.25) is 4.79 Å². The summed E-state index contributed by atoms with van der Waals surface area (Å²) in [5, 5.41) is 3.98. The summed E-state index contributed by atoms with van der Waals surface area (Å²) in [5.41, 5.74) is 3.62. The number of fused-ring (bicyclic) bond motifs is 1. The van der Waals surface area contributed by atoms with Gasteiger partial charge in [-0.25, -0.2) is 0 Å². The van der Waals surface area contributed by atoms with E-state index in [0.717, 1.165) is 56.2 Å². The maximum atomic E-state index is 12.8. The molecule has 1 amide bonds.